The number of fused-ring (bicyclic) bond motifs is 1. The van der Waals surface area contributed by atoms with Crippen LogP contribution < -0.4 is 14.8 Å². The molecule has 0 fully saturated rings. The number of carbonyl (C=O) groups is 2. The Hall–Kier alpha value is -3.39. The molecule has 1 aliphatic rings. The fourth-order valence-corrected chi connectivity index (χ4v) is 4.92. The summed E-state index contributed by atoms with van der Waals surface area (Å²) in [5.74, 6) is -0.988. The number of carboxylic acids is 1. The summed E-state index contributed by atoms with van der Waals surface area (Å²) in [6, 6.07) is 10.9. The van der Waals surface area contributed by atoms with Crippen molar-refractivity contribution in [1.82, 2.24) is 0 Å². The van der Waals surface area contributed by atoms with Gasteiger partial charge in [0.25, 0.3) is 0 Å². The lowest BCUT2D eigenvalue weighted by Crippen LogP contribution is -2.22. The molecule has 0 unspecified atom stereocenters. The SMILES string of the molecule is COc1ccc([C@H]2CC(=O)Nc3c2sc(C(=O)O)c3-c2ccc(F)cc2)c(OC)c1. The number of aromatic carboxylic acids is 1. The van der Waals surface area contributed by atoms with Crippen LogP contribution in [0.4, 0.5) is 10.1 Å². The first-order valence-electron chi connectivity index (χ1n) is 9.10. The van der Waals surface area contributed by atoms with Gasteiger partial charge in [0.05, 0.1) is 19.9 Å². The second kappa shape index (κ2) is 7.79. The summed E-state index contributed by atoms with van der Waals surface area (Å²) in [5.41, 5.74) is 2.11. The molecule has 6 nitrogen and oxygen atoms in total. The van der Waals surface area contributed by atoms with Gasteiger partial charge in [-0.3, -0.25) is 4.79 Å². The fourth-order valence-electron chi connectivity index (χ4n) is 3.69. The van der Waals surface area contributed by atoms with Gasteiger partial charge in [-0.1, -0.05) is 18.2 Å². The smallest absolute Gasteiger partial charge is 0.346 e. The average Bonchev–Trinajstić information content (AvgIpc) is 3.13. The third-order valence-electron chi connectivity index (χ3n) is 5.05. The number of anilines is 1. The van der Waals surface area contributed by atoms with Gasteiger partial charge >= 0.3 is 5.97 Å². The molecule has 1 aromatic heterocycles. The summed E-state index contributed by atoms with van der Waals surface area (Å²) >= 11 is 1.11. The first-order valence-corrected chi connectivity index (χ1v) is 9.92. The van der Waals surface area contributed by atoms with Crippen LogP contribution in [0.3, 0.4) is 0 Å². The normalized spacial score (nSPS) is 15.3. The molecule has 2 aromatic carbocycles. The third-order valence-corrected chi connectivity index (χ3v) is 6.34. The zero-order chi connectivity index (χ0) is 21.4. The minimum atomic E-state index is -1.11. The maximum Gasteiger partial charge on any atom is 0.346 e. The van der Waals surface area contributed by atoms with Gasteiger partial charge in [-0.2, -0.15) is 0 Å². The van der Waals surface area contributed by atoms with Gasteiger partial charge in [-0.15, -0.1) is 11.3 Å². The number of nitrogens with one attached hydrogen (secondary N) is 1. The summed E-state index contributed by atoms with van der Waals surface area (Å²) in [7, 11) is 3.08. The summed E-state index contributed by atoms with van der Waals surface area (Å²) < 4.78 is 24.2. The molecule has 1 aliphatic heterocycles. The number of thiophene rings is 1. The molecule has 0 spiro atoms. The summed E-state index contributed by atoms with van der Waals surface area (Å²) in [6.45, 7) is 0. The van der Waals surface area contributed by atoms with Crippen LogP contribution in [-0.2, 0) is 4.79 Å². The summed E-state index contributed by atoms with van der Waals surface area (Å²) in [5, 5.41) is 12.6. The Balaban J connectivity index is 1.93. The number of benzene rings is 2. The molecule has 3 aromatic rings. The van der Waals surface area contributed by atoms with Gasteiger partial charge in [-0.25, -0.2) is 9.18 Å². The molecule has 2 heterocycles. The van der Waals surface area contributed by atoms with Crippen LogP contribution in [0.1, 0.15) is 32.5 Å². The molecule has 0 saturated carbocycles. The highest BCUT2D eigenvalue weighted by Crippen LogP contribution is 2.51. The van der Waals surface area contributed by atoms with E-state index in [1.807, 2.05) is 6.07 Å². The molecule has 2 N–H and O–H groups in total. The van der Waals surface area contributed by atoms with Gasteiger partial charge in [-0.05, 0) is 23.8 Å². The number of halogens is 1. The Morgan fingerprint density at radius 2 is 1.90 bits per heavy atom. The molecule has 30 heavy (non-hydrogen) atoms. The first-order chi connectivity index (χ1) is 14.4. The van der Waals surface area contributed by atoms with E-state index in [9.17, 15) is 19.1 Å². The van der Waals surface area contributed by atoms with Crippen LogP contribution in [0.25, 0.3) is 11.1 Å². The van der Waals surface area contributed by atoms with Crippen molar-refractivity contribution in [3.05, 3.63) is 63.6 Å². The van der Waals surface area contributed by atoms with Crippen molar-refractivity contribution in [2.45, 2.75) is 12.3 Å². The zero-order valence-corrected chi connectivity index (χ0v) is 17.0. The van der Waals surface area contributed by atoms with E-state index < -0.39 is 11.8 Å². The molecule has 154 valence electrons. The van der Waals surface area contributed by atoms with Crippen LogP contribution in [0.5, 0.6) is 11.5 Å². The molecule has 0 aliphatic carbocycles. The predicted molar refractivity (Wildman–Crippen MR) is 111 cm³/mol. The van der Waals surface area contributed by atoms with E-state index >= 15 is 0 Å². The van der Waals surface area contributed by atoms with Crippen molar-refractivity contribution in [3.8, 4) is 22.6 Å². The molecule has 0 radical (unpaired) electrons. The van der Waals surface area contributed by atoms with E-state index in [4.69, 9.17) is 9.47 Å². The zero-order valence-electron chi connectivity index (χ0n) is 16.2. The van der Waals surface area contributed by atoms with Crippen LogP contribution in [0, 0.1) is 5.82 Å². The number of hydrogen-bond donors (Lipinski definition) is 2. The molecule has 1 amide bonds. The summed E-state index contributed by atoms with van der Waals surface area (Å²) in [6.07, 6.45) is 0.151. The van der Waals surface area contributed by atoms with E-state index in [1.165, 1.54) is 31.4 Å². The maximum absolute atomic E-state index is 13.4. The number of carboxylic acid groups (broad SMARTS) is 1. The van der Waals surface area contributed by atoms with Crippen molar-refractivity contribution in [2.24, 2.45) is 0 Å². The second-order valence-electron chi connectivity index (χ2n) is 6.77. The van der Waals surface area contributed by atoms with Crippen molar-refractivity contribution >= 4 is 28.9 Å². The van der Waals surface area contributed by atoms with E-state index in [-0.39, 0.29) is 23.1 Å². The summed E-state index contributed by atoms with van der Waals surface area (Å²) in [4.78, 5) is 25.4. The monoisotopic (exact) mass is 427 g/mol. The number of amides is 1. The molecule has 1 atom stereocenters. The minimum absolute atomic E-state index is 0.0892. The largest absolute Gasteiger partial charge is 0.497 e. The van der Waals surface area contributed by atoms with E-state index in [1.54, 1.807) is 19.2 Å². The van der Waals surface area contributed by atoms with Gasteiger partial charge in [0.1, 0.15) is 22.2 Å². The number of hydrogen-bond acceptors (Lipinski definition) is 5. The molecular formula is C22H18FNO5S. The van der Waals surface area contributed by atoms with Crippen molar-refractivity contribution in [1.29, 1.82) is 0 Å². The second-order valence-corrected chi connectivity index (χ2v) is 7.82. The molecule has 0 saturated heterocycles. The predicted octanol–water partition coefficient (Wildman–Crippen LogP) is 4.74. The quantitative estimate of drug-likeness (QED) is 0.614. The fraction of sp³-hybridized carbons (Fsp3) is 0.182. The van der Waals surface area contributed by atoms with Gasteiger partial charge in [0.2, 0.25) is 5.91 Å². The van der Waals surface area contributed by atoms with Crippen molar-refractivity contribution in [2.75, 3.05) is 19.5 Å². The van der Waals surface area contributed by atoms with E-state index in [0.29, 0.717) is 28.3 Å². The maximum atomic E-state index is 13.4. The lowest BCUT2D eigenvalue weighted by molar-refractivity contribution is -0.116. The van der Waals surface area contributed by atoms with Crippen LogP contribution in [-0.4, -0.2) is 31.2 Å². The van der Waals surface area contributed by atoms with Crippen LogP contribution >= 0.6 is 11.3 Å². The van der Waals surface area contributed by atoms with E-state index in [0.717, 1.165) is 21.8 Å². The van der Waals surface area contributed by atoms with E-state index in [2.05, 4.69) is 5.32 Å². The lowest BCUT2D eigenvalue weighted by Gasteiger charge is -2.25. The number of rotatable bonds is 5. The Kier molecular flexibility index (Phi) is 5.17. The molecule has 8 heteroatoms. The van der Waals surface area contributed by atoms with Crippen molar-refractivity contribution < 1.29 is 28.6 Å². The highest BCUT2D eigenvalue weighted by molar-refractivity contribution is 7.15. The van der Waals surface area contributed by atoms with Crippen LogP contribution in [0.2, 0.25) is 0 Å². The minimum Gasteiger partial charge on any atom is -0.497 e. The van der Waals surface area contributed by atoms with Gasteiger partial charge in [0, 0.05) is 34.4 Å². The van der Waals surface area contributed by atoms with Gasteiger partial charge < -0.3 is 19.9 Å². The molecule has 0 bridgehead atoms. The highest BCUT2D eigenvalue weighted by atomic mass is 32.1. The Morgan fingerprint density at radius 3 is 2.53 bits per heavy atom. The molecule has 4 rings (SSSR count). The Labute approximate surface area is 175 Å². The molecular weight excluding hydrogens is 409 g/mol. The average molecular weight is 427 g/mol. The lowest BCUT2D eigenvalue weighted by atomic mass is 9.88. The standard InChI is InChI=1S/C22H18FNO5S/c1-28-13-7-8-14(16(9-13)29-2)15-10-17(25)24-19-18(11-3-5-12(23)6-4-11)21(22(26)27)30-20(15)19/h3-9,15H,10H2,1-2H3,(H,24,25)(H,26,27)/t15-/m1/s1. The third kappa shape index (κ3) is 3.39. The number of methoxy groups -OCH3 is 2. The number of carbonyl (C=O) groups excluding carboxylic acids is 1. The van der Waals surface area contributed by atoms with Crippen molar-refractivity contribution in [3.63, 3.8) is 0 Å². The van der Waals surface area contributed by atoms with Gasteiger partial charge in [0.15, 0.2) is 0 Å². The Bertz CT molecular complexity index is 1140. The van der Waals surface area contributed by atoms with Crippen LogP contribution in [0.15, 0.2) is 42.5 Å². The first kappa shape index (κ1) is 19.9. The number of ether oxygens (including phenoxy) is 2. The topological polar surface area (TPSA) is 84.9 Å². The Morgan fingerprint density at radius 1 is 1.17 bits per heavy atom. The highest BCUT2D eigenvalue weighted by Gasteiger charge is 2.35.